The SMILES string of the molecule is CCC(CCBr)NC(=O)C1OCCC1C. The number of nitrogens with one attached hydrogen (secondary N) is 1. The van der Waals surface area contributed by atoms with Crippen molar-refractivity contribution < 1.29 is 9.53 Å². The Balaban J connectivity index is 2.39. The van der Waals surface area contributed by atoms with Gasteiger partial charge in [-0.2, -0.15) is 0 Å². The molecule has 1 aliphatic rings. The van der Waals surface area contributed by atoms with Gasteiger partial charge >= 0.3 is 0 Å². The summed E-state index contributed by atoms with van der Waals surface area (Å²) in [5, 5.41) is 3.97. The average Bonchev–Trinajstić information content (AvgIpc) is 2.63. The number of carbonyl (C=O) groups excluding carboxylic acids is 1. The normalized spacial score (nSPS) is 27.7. The summed E-state index contributed by atoms with van der Waals surface area (Å²) in [6, 6.07) is 0.272. The lowest BCUT2D eigenvalue weighted by Gasteiger charge is -2.20. The van der Waals surface area contributed by atoms with Crippen LogP contribution in [0.5, 0.6) is 0 Å². The molecule has 1 amide bonds. The molecule has 0 aromatic heterocycles. The number of rotatable bonds is 5. The Hall–Kier alpha value is -0.0900. The highest BCUT2D eigenvalue weighted by molar-refractivity contribution is 9.09. The second-order valence-electron chi connectivity index (χ2n) is 4.15. The van der Waals surface area contributed by atoms with Crippen molar-refractivity contribution in [2.45, 2.75) is 45.3 Å². The third kappa shape index (κ3) is 3.76. The fourth-order valence-electron chi connectivity index (χ4n) is 1.82. The van der Waals surface area contributed by atoms with Gasteiger partial charge in [0, 0.05) is 18.0 Å². The summed E-state index contributed by atoms with van der Waals surface area (Å²) in [5.41, 5.74) is 0. The number of amides is 1. The zero-order chi connectivity index (χ0) is 11.3. The second-order valence-corrected chi connectivity index (χ2v) is 4.94. The van der Waals surface area contributed by atoms with E-state index < -0.39 is 0 Å². The Labute approximate surface area is 100 Å². The minimum Gasteiger partial charge on any atom is -0.368 e. The van der Waals surface area contributed by atoms with Crippen LogP contribution in [0.3, 0.4) is 0 Å². The molecule has 0 radical (unpaired) electrons. The van der Waals surface area contributed by atoms with Crippen LogP contribution in [0.4, 0.5) is 0 Å². The van der Waals surface area contributed by atoms with Crippen LogP contribution < -0.4 is 5.32 Å². The molecule has 1 heterocycles. The predicted octanol–water partition coefficient (Wildman–Crippen LogP) is 2.09. The molecule has 0 saturated carbocycles. The van der Waals surface area contributed by atoms with E-state index in [0.717, 1.165) is 24.6 Å². The molecule has 15 heavy (non-hydrogen) atoms. The fourth-order valence-corrected chi connectivity index (χ4v) is 2.38. The van der Waals surface area contributed by atoms with Gasteiger partial charge in [-0.3, -0.25) is 4.79 Å². The van der Waals surface area contributed by atoms with Gasteiger partial charge in [0.15, 0.2) is 0 Å². The Morgan fingerprint density at radius 1 is 1.67 bits per heavy atom. The summed E-state index contributed by atoms with van der Waals surface area (Å²) in [6.45, 7) is 4.88. The highest BCUT2D eigenvalue weighted by Gasteiger charge is 2.31. The van der Waals surface area contributed by atoms with Crippen molar-refractivity contribution in [3.05, 3.63) is 0 Å². The zero-order valence-corrected chi connectivity index (χ0v) is 11.0. The van der Waals surface area contributed by atoms with Crippen LogP contribution in [0, 0.1) is 5.92 Å². The van der Waals surface area contributed by atoms with Crippen molar-refractivity contribution in [1.82, 2.24) is 5.32 Å². The highest BCUT2D eigenvalue weighted by Crippen LogP contribution is 2.20. The van der Waals surface area contributed by atoms with E-state index in [2.05, 4.69) is 35.1 Å². The van der Waals surface area contributed by atoms with Gasteiger partial charge in [-0.05, 0) is 25.2 Å². The molecule has 1 rings (SSSR count). The molecule has 3 atom stereocenters. The first-order valence-electron chi connectivity index (χ1n) is 5.67. The van der Waals surface area contributed by atoms with E-state index in [0.29, 0.717) is 12.5 Å². The summed E-state index contributed by atoms with van der Waals surface area (Å²) < 4.78 is 5.43. The molecular formula is C11H20BrNO2. The zero-order valence-electron chi connectivity index (χ0n) is 9.46. The fraction of sp³-hybridized carbons (Fsp3) is 0.909. The molecule has 88 valence electrons. The largest absolute Gasteiger partial charge is 0.368 e. The van der Waals surface area contributed by atoms with Crippen molar-refractivity contribution in [2.24, 2.45) is 5.92 Å². The van der Waals surface area contributed by atoms with Crippen LogP contribution in [0.25, 0.3) is 0 Å². The second kappa shape index (κ2) is 6.48. The molecular weight excluding hydrogens is 258 g/mol. The van der Waals surface area contributed by atoms with E-state index in [1.165, 1.54) is 0 Å². The van der Waals surface area contributed by atoms with Crippen molar-refractivity contribution in [2.75, 3.05) is 11.9 Å². The Kier molecular flexibility index (Phi) is 5.61. The third-order valence-corrected chi connectivity index (χ3v) is 3.40. The van der Waals surface area contributed by atoms with Crippen molar-refractivity contribution >= 4 is 21.8 Å². The first kappa shape index (κ1) is 13.0. The molecule has 3 nitrogen and oxygen atoms in total. The van der Waals surface area contributed by atoms with Gasteiger partial charge in [0.2, 0.25) is 5.91 Å². The average molecular weight is 278 g/mol. The van der Waals surface area contributed by atoms with Crippen LogP contribution in [-0.2, 0) is 9.53 Å². The first-order valence-corrected chi connectivity index (χ1v) is 6.79. The van der Waals surface area contributed by atoms with Crippen molar-refractivity contribution in [1.29, 1.82) is 0 Å². The molecule has 4 heteroatoms. The van der Waals surface area contributed by atoms with Crippen LogP contribution in [-0.4, -0.2) is 30.0 Å². The van der Waals surface area contributed by atoms with Crippen LogP contribution in [0.1, 0.15) is 33.1 Å². The van der Waals surface area contributed by atoms with Crippen LogP contribution >= 0.6 is 15.9 Å². The molecule has 1 fully saturated rings. The number of hydrogen-bond acceptors (Lipinski definition) is 2. The quantitative estimate of drug-likeness (QED) is 0.782. The van der Waals surface area contributed by atoms with Crippen LogP contribution in [0.2, 0.25) is 0 Å². The number of ether oxygens (including phenoxy) is 1. The summed E-state index contributed by atoms with van der Waals surface area (Å²) in [6.07, 6.45) is 2.71. The molecule has 0 aliphatic carbocycles. The van der Waals surface area contributed by atoms with E-state index >= 15 is 0 Å². The standard InChI is InChI=1S/C11H20BrNO2/c1-3-9(4-6-12)13-11(14)10-8(2)5-7-15-10/h8-10H,3-7H2,1-2H3,(H,13,14). The molecule has 0 aromatic rings. The van der Waals surface area contributed by atoms with Gasteiger partial charge in [-0.25, -0.2) is 0 Å². The Morgan fingerprint density at radius 3 is 2.87 bits per heavy atom. The maximum atomic E-state index is 11.8. The monoisotopic (exact) mass is 277 g/mol. The lowest BCUT2D eigenvalue weighted by atomic mass is 10.0. The minimum absolute atomic E-state index is 0.0628. The van der Waals surface area contributed by atoms with Gasteiger partial charge in [0.05, 0.1) is 0 Å². The molecule has 3 unspecified atom stereocenters. The summed E-state index contributed by atoms with van der Waals surface area (Å²) >= 11 is 3.39. The maximum absolute atomic E-state index is 11.8. The molecule has 0 bridgehead atoms. The van der Waals surface area contributed by atoms with Gasteiger partial charge < -0.3 is 10.1 Å². The molecule has 0 aromatic carbocycles. The van der Waals surface area contributed by atoms with Gasteiger partial charge in [0.1, 0.15) is 6.10 Å². The summed E-state index contributed by atoms with van der Waals surface area (Å²) in [4.78, 5) is 11.8. The first-order chi connectivity index (χ1) is 7.19. The van der Waals surface area contributed by atoms with Crippen molar-refractivity contribution in [3.8, 4) is 0 Å². The lowest BCUT2D eigenvalue weighted by molar-refractivity contribution is -0.132. The van der Waals surface area contributed by atoms with E-state index in [1.54, 1.807) is 0 Å². The van der Waals surface area contributed by atoms with Gasteiger partial charge in [-0.1, -0.05) is 29.8 Å². The number of halogens is 1. The Morgan fingerprint density at radius 2 is 2.40 bits per heavy atom. The molecule has 1 saturated heterocycles. The maximum Gasteiger partial charge on any atom is 0.249 e. The van der Waals surface area contributed by atoms with Gasteiger partial charge in [-0.15, -0.1) is 0 Å². The van der Waals surface area contributed by atoms with E-state index in [4.69, 9.17) is 4.74 Å². The van der Waals surface area contributed by atoms with Crippen molar-refractivity contribution in [3.63, 3.8) is 0 Å². The lowest BCUT2D eigenvalue weighted by Crippen LogP contribution is -2.43. The molecule has 1 N–H and O–H groups in total. The molecule has 1 aliphatic heterocycles. The topological polar surface area (TPSA) is 38.3 Å². The van der Waals surface area contributed by atoms with E-state index in [-0.39, 0.29) is 18.1 Å². The minimum atomic E-state index is -0.227. The van der Waals surface area contributed by atoms with E-state index in [9.17, 15) is 4.79 Å². The summed E-state index contributed by atoms with van der Waals surface area (Å²) in [5.74, 6) is 0.416. The Bertz CT molecular complexity index is 211. The number of hydrogen-bond donors (Lipinski definition) is 1. The third-order valence-electron chi connectivity index (χ3n) is 2.94. The molecule has 0 spiro atoms. The smallest absolute Gasteiger partial charge is 0.249 e. The van der Waals surface area contributed by atoms with Gasteiger partial charge in [0.25, 0.3) is 0 Å². The number of alkyl halides is 1. The highest BCUT2D eigenvalue weighted by atomic mass is 79.9. The predicted molar refractivity (Wildman–Crippen MR) is 64.2 cm³/mol. The number of carbonyl (C=O) groups is 1. The van der Waals surface area contributed by atoms with Crippen LogP contribution in [0.15, 0.2) is 0 Å². The summed E-state index contributed by atoms with van der Waals surface area (Å²) in [7, 11) is 0. The van der Waals surface area contributed by atoms with E-state index in [1.807, 2.05) is 0 Å².